The minimum Gasteiger partial charge on any atom is -0.462 e. The number of ether oxygens (including phenoxy) is 4. The maximum atomic E-state index is 13.1. The van der Waals surface area contributed by atoms with Crippen LogP contribution in [0.5, 0.6) is 0 Å². The van der Waals surface area contributed by atoms with Gasteiger partial charge in [0.15, 0.2) is 12.2 Å². The number of hydrogen-bond acceptors (Lipinski definition) is 15. The fourth-order valence-electron chi connectivity index (χ4n) is 11.1. The second-order valence-corrected chi connectivity index (χ2v) is 30.0. The van der Waals surface area contributed by atoms with Crippen LogP contribution >= 0.6 is 15.6 Å². The molecule has 3 unspecified atom stereocenters. The van der Waals surface area contributed by atoms with Gasteiger partial charge in [0.2, 0.25) is 0 Å². The Bertz CT molecular complexity index is 1790. The fraction of sp³-hybridized carbons (Fsp3) is 0.945. The molecule has 0 aliphatic heterocycles. The molecule has 92 heavy (non-hydrogen) atoms. The quantitative estimate of drug-likeness (QED) is 0.0222. The number of aliphatic hydroxyl groups excluding tert-OH is 1. The SMILES string of the molecule is CCCCCCCCCCCCCCCCCCCCC(=O)O[C@H](COC(=O)CCCCCCCCCCCCCC(C)C)COP(=O)(O)OC[C@@H](O)COP(=O)(O)OC[C@@H](COC(=O)CCCCCCCCCCCC)OC(=O)CCCCCCCCC(C)CC. The minimum atomic E-state index is -4.95. The van der Waals surface area contributed by atoms with Crippen LogP contribution < -0.4 is 0 Å². The normalized spacial score (nSPS) is 14.4. The van der Waals surface area contributed by atoms with Crippen molar-refractivity contribution in [2.24, 2.45) is 11.8 Å². The van der Waals surface area contributed by atoms with Crippen molar-refractivity contribution in [1.82, 2.24) is 0 Å². The molecular weight excluding hydrogens is 1210 g/mol. The Kier molecular flexibility index (Phi) is 63.7. The Morgan fingerprint density at radius 3 is 0.826 bits per heavy atom. The molecule has 0 saturated heterocycles. The topological polar surface area (TPSA) is 237 Å². The molecule has 0 aromatic rings. The summed E-state index contributed by atoms with van der Waals surface area (Å²) in [6.07, 6.45) is 51.4. The molecule has 0 rings (SSSR count). The van der Waals surface area contributed by atoms with Crippen LogP contribution in [0.3, 0.4) is 0 Å². The monoisotopic (exact) mass is 1350 g/mol. The highest BCUT2D eigenvalue weighted by Gasteiger charge is 2.30. The third kappa shape index (κ3) is 65.4. The lowest BCUT2D eigenvalue weighted by atomic mass is 10.00. The van der Waals surface area contributed by atoms with Crippen molar-refractivity contribution < 1.29 is 80.2 Å². The standard InChI is InChI=1S/C73H142O17P2/c1-7-10-12-14-16-18-20-21-22-23-24-25-26-29-34-38-45-51-57-72(77)89-68(61-83-71(76)56-50-44-37-33-30-27-28-31-35-41-47-53-65(4)5)63-87-91(79,80)85-59-67(74)60-86-92(81,82)88-64-69(90-73(78)58-52-46-40-39-42-48-54-66(6)9-3)62-84-70(75)55-49-43-36-32-19-17-15-13-11-8-2/h65-69,74H,7-64H2,1-6H3,(H,79,80)(H,81,82)/t66?,67-,68-,69-/m1/s1. The van der Waals surface area contributed by atoms with Crippen LogP contribution in [0.2, 0.25) is 0 Å². The first-order valence-electron chi connectivity index (χ1n) is 38.0. The molecule has 19 heteroatoms. The number of hydrogen-bond donors (Lipinski definition) is 3. The van der Waals surface area contributed by atoms with Gasteiger partial charge >= 0.3 is 39.5 Å². The number of carbonyl (C=O) groups excluding carboxylic acids is 4. The largest absolute Gasteiger partial charge is 0.472 e. The van der Waals surface area contributed by atoms with E-state index in [-0.39, 0.29) is 25.7 Å². The average Bonchev–Trinajstić information content (AvgIpc) is 1.85. The van der Waals surface area contributed by atoms with E-state index in [1.165, 1.54) is 193 Å². The lowest BCUT2D eigenvalue weighted by molar-refractivity contribution is -0.161. The first-order chi connectivity index (χ1) is 44.4. The van der Waals surface area contributed by atoms with Crippen LogP contribution in [0.4, 0.5) is 0 Å². The number of rotatable bonds is 72. The maximum Gasteiger partial charge on any atom is 0.472 e. The van der Waals surface area contributed by atoms with Gasteiger partial charge in [-0.1, -0.05) is 324 Å². The molecule has 0 heterocycles. The van der Waals surface area contributed by atoms with Crippen molar-refractivity contribution in [3.8, 4) is 0 Å². The van der Waals surface area contributed by atoms with E-state index in [0.29, 0.717) is 25.7 Å². The zero-order valence-corrected chi connectivity index (χ0v) is 61.6. The molecule has 0 aromatic carbocycles. The van der Waals surface area contributed by atoms with Gasteiger partial charge in [0, 0.05) is 25.7 Å². The van der Waals surface area contributed by atoms with Gasteiger partial charge in [0.05, 0.1) is 26.4 Å². The van der Waals surface area contributed by atoms with Gasteiger partial charge < -0.3 is 33.8 Å². The molecule has 0 aliphatic carbocycles. The lowest BCUT2D eigenvalue weighted by Gasteiger charge is -2.21. The Hall–Kier alpha value is -1.94. The fourth-order valence-corrected chi connectivity index (χ4v) is 12.7. The van der Waals surface area contributed by atoms with Crippen LogP contribution in [0.15, 0.2) is 0 Å². The van der Waals surface area contributed by atoms with E-state index >= 15 is 0 Å². The molecule has 0 amide bonds. The molecule has 6 atom stereocenters. The number of aliphatic hydroxyl groups is 1. The van der Waals surface area contributed by atoms with E-state index in [1.807, 2.05) is 0 Å². The number of esters is 4. The Balaban J connectivity index is 5.23. The zero-order valence-electron chi connectivity index (χ0n) is 59.9. The minimum absolute atomic E-state index is 0.103. The molecule has 0 spiro atoms. The molecule has 17 nitrogen and oxygen atoms in total. The van der Waals surface area contributed by atoms with Gasteiger partial charge in [0.1, 0.15) is 19.3 Å². The summed E-state index contributed by atoms with van der Waals surface area (Å²) in [7, 11) is -9.90. The summed E-state index contributed by atoms with van der Waals surface area (Å²) < 4.78 is 68.4. The summed E-state index contributed by atoms with van der Waals surface area (Å²) in [5.41, 5.74) is 0. The average molecular weight is 1350 g/mol. The third-order valence-electron chi connectivity index (χ3n) is 17.3. The summed E-state index contributed by atoms with van der Waals surface area (Å²) in [6.45, 7) is 9.52. The number of carbonyl (C=O) groups is 4. The van der Waals surface area contributed by atoms with Crippen molar-refractivity contribution in [3.63, 3.8) is 0 Å². The predicted molar refractivity (Wildman–Crippen MR) is 372 cm³/mol. The molecule has 0 fully saturated rings. The summed E-state index contributed by atoms with van der Waals surface area (Å²) >= 11 is 0. The Morgan fingerprint density at radius 1 is 0.315 bits per heavy atom. The van der Waals surface area contributed by atoms with Crippen molar-refractivity contribution >= 4 is 39.5 Å². The van der Waals surface area contributed by atoms with E-state index in [9.17, 15) is 43.2 Å². The van der Waals surface area contributed by atoms with E-state index in [2.05, 4.69) is 41.5 Å². The van der Waals surface area contributed by atoms with Gasteiger partial charge in [-0.2, -0.15) is 0 Å². The van der Waals surface area contributed by atoms with Crippen LogP contribution in [-0.2, 0) is 65.4 Å². The van der Waals surface area contributed by atoms with E-state index in [0.717, 1.165) is 102 Å². The van der Waals surface area contributed by atoms with E-state index < -0.39 is 97.5 Å². The second-order valence-electron chi connectivity index (χ2n) is 27.1. The highest BCUT2D eigenvalue weighted by Crippen LogP contribution is 2.45. The van der Waals surface area contributed by atoms with Crippen LogP contribution in [0, 0.1) is 11.8 Å². The molecule has 3 N–H and O–H groups in total. The zero-order chi connectivity index (χ0) is 67.9. The molecule has 0 aliphatic rings. The molecule has 0 aromatic heterocycles. The number of phosphoric ester groups is 2. The van der Waals surface area contributed by atoms with Gasteiger partial charge in [-0.25, -0.2) is 9.13 Å². The predicted octanol–water partition coefficient (Wildman–Crippen LogP) is 21.2. The van der Waals surface area contributed by atoms with Gasteiger partial charge in [-0.3, -0.25) is 37.3 Å². The van der Waals surface area contributed by atoms with Crippen molar-refractivity contribution in [2.75, 3.05) is 39.6 Å². The summed E-state index contributed by atoms with van der Waals surface area (Å²) in [6, 6.07) is 0. The highest BCUT2D eigenvalue weighted by molar-refractivity contribution is 7.47. The molecule has 0 bridgehead atoms. The van der Waals surface area contributed by atoms with Crippen LogP contribution in [0.25, 0.3) is 0 Å². The van der Waals surface area contributed by atoms with Crippen LogP contribution in [-0.4, -0.2) is 96.7 Å². The maximum absolute atomic E-state index is 13.1. The molecule has 0 radical (unpaired) electrons. The van der Waals surface area contributed by atoms with E-state index in [1.54, 1.807) is 0 Å². The number of unbranched alkanes of at least 4 members (excludes halogenated alkanes) is 41. The van der Waals surface area contributed by atoms with Gasteiger partial charge in [0.25, 0.3) is 0 Å². The van der Waals surface area contributed by atoms with Gasteiger partial charge in [-0.15, -0.1) is 0 Å². The summed E-state index contributed by atoms with van der Waals surface area (Å²) in [5, 5.41) is 10.6. The first-order valence-corrected chi connectivity index (χ1v) is 41.0. The number of phosphoric acid groups is 2. The Labute approximate surface area is 562 Å². The lowest BCUT2D eigenvalue weighted by Crippen LogP contribution is -2.30. The molecule has 546 valence electrons. The van der Waals surface area contributed by atoms with Crippen molar-refractivity contribution in [2.45, 2.75) is 394 Å². The first kappa shape index (κ1) is 90.1. The van der Waals surface area contributed by atoms with Crippen LogP contribution in [0.1, 0.15) is 375 Å². The van der Waals surface area contributed by atoms with Gasteiger partial charge in [-0.05, 0) is 37.5 Å². The molecular formula is C73H142O17P2. The summed E-state index contributed by atoms with van der Waals surface area (Å²) in [5.74, 6) is -0.631. The third-order valence-corrected chi connectivity index (χ3v) is 19.2. The Morgan fingerprint density at radius 2 is 0.554 bits per heavy atom. The smallest absolute Gasteiger partial charge is 0.462 e. The van der Waals surface area contributed by atoms with E-state index in [4.69, 9.17) is 37.0 Å². The highest BCUT2D eigenvalue weighted by atomic mass is 31.2. The second kappa shape index (κ2) is 65.0. The van der Waals surface area contributed by atoms with Crippen molar-refractivity contribution in [3.05, 3.63) is 0 Å². The van der Waals surface area contributed by atoms with Crippen molar-refractivity contribution in [1.29, 1.82) is 0 Å². The summed E-state index contributed by atoms with van der Waals surface area (Å²) in [4.78, 5) is 72.6. The molecule has 0 saturated carbocycles.